The molecule has 0 unspecified atom stereocenters. The summed E-state index contributed by atoms with van der Waals surface area (Å²) in [5.41, 5.74) is 2.14. The molecule has 0 radical (unpaired) electrons. The number of carboxylic acids is 1. The molecule has 0 aliphatic heterocycles. The first kappa shape index (κ1) is 14.5. The second-order valence-electron chi connectivity index (χ2n) is 5.02. The topological polar surface area (TPSA) is 51.5 Å². The normalized spacial score (nSPS) is 10.8. The lowest BCUT2D eigenvalue weighted by Crippen LogP contribution is -1.97. The van der Waals surface area contributed by atoms with Gasteiger partial charge in [0.2, 0.25) is 0 Å². The monoisotopic (exact) mass is 315 g/mol. The molecule has 0 fully saturated rings. The predicted molar refractivity (Wildman–Crippen MR) is 85.7 cm³/mol. The largest absolute Gasteiger partial charge is 0.487 e. The molecule has 0 aliphatic rings. The van der Waals surface area contributed by atoms with Gasteiger partial charge in [-0.3, -0.25) is 0 Å². The Bertz CT molecular complexity index is 854. The van der Waals surface area contributed by atoms with Crippen molar-refractivity contribution >= 4 is 28.5 Å². The highest BCUT2D eigenvalue weighted by Gasteiger charge is 2.11. The molecule has 2 aromatic carbocycles. The van der Waals surface area contributed by atoms with Gasteiger partial charge in [-0.2, -0.15) is 0 Å². The Hall–Kier alpha value is -2.46. The van der Waals surface area contributed by atoms with E-state index in [1.165, 1.54) is 0 Å². The van der Waals surface area contributed by atoms with Crippen molar-refractivity contribution in [3.63, 3.8) is 0 Å². The van der Waals surface area contributed by atoms with Gasteiger partial charge in [0, 0.05) is 29.7 Å². The number of carbonyl (C=O) groups is 1. The molecule has 0 atom stereocenters. The highest BCUT2D eigenvalue weighted by atomic mass is 35.5. The molecule has 0 amide bonds. The molecule has 22 heavy (non-hydrogen) atoms. The molecule has 1 heterocycles. The standard InChI is InChI=1S/C17H14ClNO3/c1-19-9-12(10-22-16-5-3-2-4-14(16)18)13-8-11(17(20)21)6-7-15(13)19/h2-9H,10H2,1H3,(H,20,21). The summed E-state index contributed by atoms with van der Waals surface area (Å²) in [5.74, 6) is -0.334. The Morgan fingerprint density at radius 1 is 1.27 bits per heavy atom. The number of carboxylic acid groups (broad SMARTS) is 1. The minimum absolute atomic E-state index is 0.262. The summed E-state index contributed by atoms with van der Waals surface area (Å²) < 4.78 is 7.70. The third kappa shape index (κ3) is 2.65. The third-order valence-corrected chi connectivity index (χ3v) is 3.85. The molecule has 4 nitrogen and oxygen atoms in total. The van der Waals surface area contributed by atoms with Gasteiger partial charge in [-0.05, 0) is 30.3 Å². The number of hydrogen-bond donors (Lipinski definition) is 1. The van der Waals surface area contributed by atoms with Gasteiger partial charge in [0.1, 0.15) is 12.4 Å². The fourth-order valence-electron chi connectivity index (χ4n) is 2.44. The average molecular weight is 316 g/mol. The van der Waals surface area contributed by atoms with Crippen molar-refractivity contribution in [2.75, 3.05) is 0 Å². The zero-order chi connectivity index (χ0) is 15.7. The first-order chi connectivity index (χ1) is 10.6. The second kappa shape index (κ2) is 5.73. The second-order valence-corrected chi connectivity index (χ2v) is 5.43. The van der Waals surface area contributed by atoms with Gasteiger partial charge in [-0.1, -0.05) is 23.7 Å². The minimum Gasteiger partial charge on any atom is -0.487 e. The Labute approximate surface area is 132 Å². The number of hydrogen-bond acceptors (Lipinski definition) is 2. The van der Waals surface area contributed by atoms with E-state index in [4.69, 9.17) is 21.4 Å². The molecule has 0 saturated carbocycles. The van der Waals surface area contributed by atoms with Crippen LogP contribution in [0, 0.1) is 0 Å². The van der Waals surface area contributed by atoms with Crippen LogP contribution in [0.1, 0.15) is 15.9 Å². The number of nitrogens with zero attached hydrogens (tertiary/aromatic N) is 1. The van der Waals surface area contributed by atoms with Crippen LogP contribution in [0.4, 0.5) is 0 Å². The summed E-state index contributed by atoms with van der Waals surface area (Å²) in [7, 11) is 1.92. The zero-order valence-corrected chi connectivity index (χ0v) is 12.7. The highest BCUT2D eigenvalue weighted by Crippen LogP contribution is 2.27. The number of fused-ring (bicyclic) bond motifs is 1. The number of ether oxygens (including phenoxy) is 1. The molecule has 112 valence electrons. The van der Waals surface area contributed by atoms with E-state index < -0.39 is 5.97 Å². The zero-order valence-electron chi connectivity index (χ0n) is 11.9. The highest BCUT2D eigenvalue weighted by molar-refractivity contribution is 6.32. The summed E-state index contributed by atoms with van der Waals surface area (Å²) in [6.45, 7) is 0.324. The van der Waals surface area contributed by atoms with Crippen molar-refractivity contribution in [2.45, 2.75) is 6.61 Å². The molecule has 1 aromatic heterocycles. The first-order valence-corrected chi connectivity index (χ1v) is 7.12. The number of aromatic carboxylic acids is 1. The van der Waals surface area contributed by atoms with E-state index in [0.29, 0.717) is 17.4 Å². The van der Waals surface area contributed by atoms with Crippen LogP contribution in [0.3, 0.4) is 0 Å². The van der Waals surface area contributed by atoms with E-state index in [9.17, 15) is 4.79 Å². The van der Waals surface area contributed by atoms with Crippen LogP contribution in [0.25, 0.3) is 10.9 Å². The van der Waals surface area contributed by atoms with Gasteiger partial charge in [0.25, 0.3) is 0 Å². The molecule has 1 N–H and O–H groups in total. The quantitative estimate of drug-likeness (QED) is 0.788. The van der Waals surface area contributed by atoms with E-state index in [-0.39, 0.29) is 5.56 Å². The first-order valence-electron chi connectivity index (χ1n) is 6.75. The SMILES string of the molecule is Cn1cc(COc2ccccc2Cl)c2cc(C(=O)O)ccc21. The van der Waals surface area contributed by atoms with Crippen LogP contribution >= 0.6 is 11.6 Å². The maximum atomic E-state index is 11.1. The number of aromatic nitrogens is 1. The number of aryl methyl sites for hydroxylation is 1. The molecule has 3 rings (SSSR count). The Morgan fingerprint density at radius 3 is 2.77 bits per heavy atom. The van der Waals surface area contributed by atoms with Crippen LogP contribution in [0.2, 0.25) is 5.02 Å². The van der Waals surface area contributed by atoms with Crippen molar-refractivity contribution in [3.8, 4) is 5.75 Å². The minimum atomic E-state index is -0.941. The van der Waals surface area contributed by atoms with Crippen molar-refractivity contribution in [1.82, 2.24) is 4.57 Å². The summed E-state index contributed by atoms with van der Waals surface area (Å²) in [6.07, 6.45) is 1.94. The summed E-state index contributed by atoms with van der Waals surface area (Å²) >= 11 is 6.07. The fraction of sp³-hybridized carbons (Fsp3) is 0.118. The lowest BCUT2D eigenvalue weighted by Gasteiger charge is -2.07. The summed E-state index contributed by atoms with van der Waals surface area (Å²) in [6, 6.07) is 12.3. The molecular formula is C17H14ClNO3. The molecule has 0 spiro atoms. The van der Waals surface area contributed by atoms with Crippen LogP contribution in [0.15, 0.2) is 48.7 Å². The van der Waals surface area contributed by atoms with E-state index in [2.05, 4.69) is 0 Å². The van der Waals surface area contributed by atoms with E-state index >= 15 is 0 Å². The maximum Gasteiger partial charge on any atom is 0.335 e. The smallest absolute Gasteiger partial charge is 0.335 e. The number of benzene rings is 2. The third-order valence-electron chi connectivity index (χ3n) is 3.54. The van der Waals surface area contributed by atoms with Crippen molar-refractivity contribution < 1.29 is 14.6 Å². The number of para-hydroxylation sites is 1. The van der Waals surface area contributed by atoms with Crippen LogP contribution in [0.5, 0.6) is 5.75 Å². The van der Waals surface area contributed by atoms with Crippen molar-refractivity contribution in [3.05, 3.63) is 64.8 Å². The van der Waals surface area contributed by atoms with Crippen LogP contribution in [-0.4, -0.2) is 15.6 Å². The van der Waals surface area contributed by atoms with Gasteiger partial charge in [-0.25, -0.2) is 4.79 Å². The predicted octanol–water partition coefficient (Wildman–Crippen LogP) is 4.11. The molecular weight excluding hydrogens is 302 g/mol. The van der Waals surface area contributed by atoms with Gasteiger partial charge in [0.05, 0.1) is 10.6 Å². The van der Waals surface area contributed by atoms with Gasteiger partial charge in [-0.15, -0.1) is 0 Å². The molecule has 5 heteroatoms. The summed E-state index contributed by atoms with van der Waals surface area (Å²) in [5, 5.41) is 10.6. The average Bonchev–Trinajstić information content (AvgIpc) is 2.82. The van der Waals surface area contributed by atoms with E-state index in [1.54, 1.807) is 30.3 Å². The van der Waals surface area contributed by atoms with Gasteiger partial charge in [0.15, 0.2) is 0 Å². The molecule has 0 bridgehead atoms. The van der Waals surface area contributed by atoms with Gasteiger partial charge >= 0.3 is 5.97 Å². The van der Waals surface area contributed by atoms with E-state index in [1.807, 2.05) is 29.9 Å². The molecule has 3 aromatic rings. The van der Waals surface area contributed by atoms with Gasteiger partial charge < -0.3 is 14.4 Å². The Balaban J connectivity index is 1.95. The Kier molecular flexibility index (Phi) is 3.77. The Morgan fingerprint density at radius 2 is 2.05 bits per heavy atom. The van der Waals surface area contributed by atoms with Crippen LogP contribution < -0.4 is 4.74 Å². The number of halogens is 1. The fourth-order valence-corrected chi connectivity index (χ4v) is 2.63. The van der Waals surface area contributed by atoms with Crippen molar-refractivity contribution in [2.24, 2.45) is 7.05 Å². The lowest BCUT2D eigenvalue weighted by atomic mass is 10.1. The van der Waals surface area contributed by atoms with Crippen molar-refractivity contribution in [1.29, 1.82) is 0 Å². The lowest BCUT2D eigenvalue weighted by molar-refractivity contribution is 0.0697. The van der Waals surface area contributed by atoms with Crippen LogP contribution in [-0.2, 0) is 13.7 Å². The molecule has 0 aliphatic carbocycles. The van der Waals surface area contributed by atoms with E-state index in [0.717, 1.165) is 16.5 Å². The maximum absolute atomic E-state index is 11.1. The molecule has 0 saturated heterocycles. The summed E-state index contributed by atoms with van der Waals surface area (Å²) in [4.78, 5) is 11.1. The number of rotatable bonds is 4.